The second-order valence-electron chi connectivity index (χ2n) is 25.0. The van der Waals surface area contributed by atoms with Gasteiger partial charge in [-0.1, -0.05) is 99.6 Å². The van der Waals surface area contributed by atoms with Crippen molar-refractivity contribution >= 4 is 36.1 Å². The van der Waals surface area contributed by atoms with Crippen molar-refractivity contribution in [2.24, 2.45) is 21.7 Å². The molecule has 422 valence electrons. The fourth-order valence-electron chi connectivity index (χ4n) is 8.59. The summed E-state index contributed by atoms with van der Waals surface area (Å²) in [5.41, 5.74) is -0.126. The molecule has 3 aromatic rings. The van der Waals surface area contributed by atoms with Crippen molar-refractivity contribution in [1.29, 1.82) is 0 Å². The smallest absolute Gasteiger partial charge is 0.407 e. The van der Waals surface area contributed by atoms with Gasteiger partial charge in [0.05, 0.1) is 28.9 Å². The van der Waals surface area contributed by atoms with E-state index in [1.807, 2.05) is 66.7 Å². The Labute approximate surface area is 453 Å². The van der Waals surface area contributed by atoms with Crippen LogP contribution in [0.25, 0.3) is 11.1 Å². The summed E-state index contributed by atoms with van der Waals surface area (Å²) in [4.78, 5) is 82.1. The monoisotopic (exact) mass is 1070 g/mol. The molecule has 2 N–H and O–H groups in total. The minimum atomic E-state index is -2.04. The number of alkyl carbamates (subject to hydrolysis) is 2. The van der Waals surface area contributed by atoms with E-state index in [2.05, 4.69) is 10.6 Å². The number of fused-ring (bicyclic) bond motifs is 4. The fourth-order valence-corrected chi connectivity index (χ4v) is 8.59. The van der Waals surface area contributed by atoms with Crippen LogP contribution in [0.15, 0.2) is 78.9 Å². The molecule has 2 heterocycles. The molecule has 0 aromatic heterocycles. The number of rotatable bonds is 17. The van der Waals surface area contributed by atoms with Crippen LogP contribution < -0.4 is 10.6 Å². The molecule has 2 saturated heterocycles. The molecule has 6 rings (SSSR count). The molecule has 3 aromatic carbocycles. The molecule has 0 bridgehead atoms. The Balaban J connectivity index is 1.28. The van der Waals surface area contributed by atoms with Crippen LogP contribution in [0.5, 0.6) is 0 Å². The molecular weight excluding hydrogens is 993 g/mol. The highest BCUT2D eigenvalue weighted by Crippen LogP contribution is 2.49. The maximum atomic E-state index is 14.0. The van der Waals surface area contributed by atoms with Gasteiger partial charge in [0.25, 0.3) is 5.97 Å². The van der Waals surface area contributed by atoms with E-state index in [1.54, 1.807) is 116 Å². The van der Waals surface area contributed by atoms with Crippen LogP contribution in [0.4, 0.5) is 9.59 Å². The predicted molar refractivity (Wildman–Crippen MR) is 282 cm³/mol. The van der Waals surface area contributed by atoms with Crippen LogP contribution >= 0.6 is 0 Å². The van der Waals surface area contributed by atoms with Gasteiger partial charge in [0.2, 0.25) is 0 Å². The average Bonchev–Trinajstić information content (AvgIpc) is 3.89. The highest BCUT2D eigenvalue weighted by atomic mass is 16.9. The Kier molecular flexibility index (Phi) is 18.7. The van der Waals surface area contributed by atoms with E-state index in [9.17, 15) is 28.8 Å². The standard InChI is InChI=1S/C59H80N2O16/c1-54(2,3)49(63)68-34-43-44(73-50(64)55(4,5)6)45(74-51(65)56(7,8)9)46-48(72-43)77-59(75-46,57(10,11)12)71-32-36(60-52(66)69-31-35-23-17-16-18-24-35)29-30-42(47(62)76-58(13,14)15)61-53(67)70-33-41-39-27-21-19-25-37(39)38-26-20-22-28-40(38)41/h16-28,36,41-46,48H,29-34H2,1-15H3,(H,60,66)(H,61,67)/t36-,42-,43+,44-,45-,46+,48+,59?/m0/s1. The van der Waals surface area contributed by atoms with Gasteiger partial charge in [-0.05, 0) is 124 Å². The predicted octanol–water partition coefficient (Wildman–Crippen LogP) is 9.67. The number of amides is 2. The van der Waals surface area contributed by atoms with Crippen LogP contribution in [0, 0.1) is 21.7 Å². The van der Waals surface area contributed by atoms with E-state index < -0.39 is 119 Å². The third kappa shape index (κ3) is 15.6. The molecule has 1 unspecified atom stereocenters. The van der Waals surface area contributed by atoms with Gasteiger partial charge in [-0.25, -0.2) is 14.4 Å². The Hall–Kier alpha value is -6.08. The van der Waals surface area contributed by atoms with E-state index in [4.69, 9.17) is 47.4 Å². The summed E-state index contributed by atoms with van der Waals surface area (Å²) in [6, 6.07) is 22.7. The van der Waals surface area contributed by atoms with E-state index in [1.165, 1.54) is 0 Å². The molecule has 3 aliphatic rings. The fraction of sp³-hybridized carbons (Fsp3) is 0.593. The molecule has 0 spiro atoms. The Morgan fingerprint density at radius 1 is 0.584 bits per heavy atom. The SMILES string of the molecule is CC(C)(C)OC(=O)[C@H](CC[C@@H](COC1(C(C)(C)C)O[C@H]2O[C@H](COC(=O)C(C)(C)C)[C@H](OC(=O)C(C)(C)C)[C@H](OC(=O)C(C)(C)C)[C@H]2O1)NC(=O)OCc1ccccc1)NC(=O)OCC1c2ccccc2-c2ccccc21. The second kappa shape index (κ2) is 23.9. The van der Waals surface area contributed by atoms with Gasteiger partial charge in [0, 0.05) is 11.3 Å². The van der Waals surface area contributed by atoms with Crippen LogP contribution in [-0.4, -0.2) is 110 Å². The lowest BCUT2D eigenvalue weighted by molar-refractivity contribution is -0.399. The number of hydrogen-bond donors (Lipinski definition) is 2. The summed E-state index contributed by atoms with van der Waals surface area (Å²) in [5, 5.41) is 5.58. The van der Waals surface area contributed by atoms with E-state index in [0.29, 0.717) is 0 Å². The summed E-state index contributed by atoms with van der Waals surface area (Å²) in [6.07, 6.45) is -8.44. The number of hydrogen-bond acceptors (Lipinski definition) is 16. The highest BCUT2D eigenvalue weighted by molar-refractivity contribution is 5.82. The first-order valence-corrected chi connectivity index (χ1v) is 26.3. The summed E-state index contributed by atoms with van der Waals surface area (Å²) in [5.74, 6) is -4.90. The number of carbonyl (C=O) groups is 6. The summed E-state index contributed by atoms with van der Waals surface area (Å²) >= 11 is 0. The first-order chi connectivity index (χ1) is 35.8. The summed E-state index contributed by atoms with van der Waals surface area (Å²) < 4.78 is 62.0. The molecule has 2 aliphatic heterocycles. The van der Waals surface area contributed by atoms with Crippen molar-refractivity contribution in [3.63, 3.8) is 0 Å². The molecular formula is C59H80N2O16. The van der Waals surface area contributed by atoms with Crippen molar-refractivity contribution in [3.8, 4) is 11.1 Å². The van der Waals surface area contributed by atoms with Gasteiger partial charge in [0.1, 0.15) is 37.6 Å². The maximum Gasteiger partial charge on any atom is 0.407 e. The molecule has 2 amide bonds. The molecule has 18 nitrogen and oxygen atoms in total. The highest BCUT2D eigenvalue weighted by Gasteiger charge is 2.65. The molecule has 2 fully saturated rings. The van der Waals surface area contributed by atoms with E-state index in [-0.39, 0.29) is 38.6 Å². The Morgan fingerprint density at radius 3 is 1.66 bits per heavy atom. The van der Waals surface area contributed by atoms with Gasteiger partial charge >= 0.3 is 36.1 Å². The van der Waals surface area contributed by atoms with Crippen molar-refractivity contribution in [3.05, 3.63) is 95.6 Å². The van der Waals surface area contributed by atoms with Crippen molar-refractivity contribution < 1.29 is 76.1 Å². The van der Waals surface area contributed by atoms with Gasteiger partial charge in [-0.3, -0.25) is 19.1 Å². The van der Waals surface area contributed by atoms with Crippen LogP contribution in [0.3, 0.4) is 0 Å². The van der Waals surface area contributed by atoms with Crippen molar-refractivity contribution in [1.82, 2.24) is 10.6 Å². The Morgan fingerprint density at radius 2 is 1.12 bits per heavy atom. The Bertz CT molecular complexity index is 2520. The number of esters is 4. The number of nitrogens with one attached hydrogen (secondary N) is 2. The normalized spacial score (nSPS) is 22.2. The zero-order valence-electron chi connectivity index (χ0n) is 47.4. The quantitative estimate of drug-likeness (QED) is 0.0949. The summed E-state index contributed by atoms with van der Waals surface area (Å²) in [7, 11) is 0. The molecule has 18 heteroatoms. The van der Waals surface area contributed by atoms with Gasteiger partial charge < -0.3 is 53.3 Å². The van der Waals surface area contributed by atoms with E-state index >= 15 is 0 Å². The average molecular weight is 1070 g/mol. The molecule has 0 radical (unpaired) electrons. The first kappa shape index (κ1) is 60.2. The zero-order valence-corrected chi connectivity index (χ0v) is 47.4. The minimum Gasteiger partial charge on any atom is -0.462 e. The van der Waals surface area contributed by atoms with Crippen molar-refractivity contribution in [2.75, 3.05) is 19.8 Å². The lowest BCUT2D eigenvalue weighted by Crippen LogP contribution is -2.61. The first-order valence-electron chi connectivity index (χ1n) is 26.3. The summed E-state index contributed by atoms with van der Waals surface area (Å²) in [6.45, 7) is 24.6. The van der Waals surface area contributed by atoms with Crippen molar-refractivity contribution in [2.45, 2.75) is 184 Å². The molecule has 0 saturated carbocycles. The number of ether oxygens (including phenoxy) is 10. The molecule has 1 aliphatic carbocycles. The van der Waals surface area contributed by atoms with Crippen LogP contribution in [0.1, 0.15) is 139 Å². The van der Waals surface area contributed by atoms with Gasteiger partial charge in [-0.2, -0.15) is 0 Å². The minimum absolute atomic E-state index is 0.00833. The lowest BCUT2D eigenvalue weighted by atomic mass is 9.92. The van der Waals surface area contributed by atoms with Gasteiger partial charge in [0.15, 0.2) is 24.6 Å². The topological polar surface area (TPSA) is 219 Å². The van der Waals surface area contributed by atoms with E-state index in [0.717, 1.165) is 27.8 Å². The lowest BCUT2D eigenvalue weighted by Gasteiger charge is -2.42. The zero-order chi connectivity index (χ0) is 56.9. The third-order valence-electron chi connectivity index (χ3n) is 12.9. The molecule has 77 heavy (non-hydrogen) atoms. The second-order valence-corrected chi connectivity index (χ2v) is 25.0. The third-order valence-corrected chi connectivity index (χ3v) is 12.9. The largest absolute Gasteiger partial charge is 0.462 e. The van der Waals surface area contributed by atoms with Crippen LogP contribution in [0.2, 0.25) is 0 Å². The number of carbonyl (C=O) groups excluding carboxylic acids is 6. The van der Waals surface area contributed by atoms with Crippen LogP contribution in [-0.2, 0) is 73.2 Å². The maximum absolute atomic E-state index is 14.0. The molecule has 8 atom stereocenters. The van der Waals surface area contributed by atoms with Gasteiger partial charge in [-0.15, -0.1) is 0 Å². The number of benzene rings is 3.